The van der Waals surface area contributed by atoms with Crippen molar-refractivity contribution in [1.29, 1.82) is 0 Å². The maximum absolute atomic E-state index is 13.4. The lowest BCUT2D eigenvalue weighted by molar-refractivity contribution is -0.122. The van der Waals surface area contributed by atoms with Crippen LogP contribution in [0.5, 0.6) is 0 Å². The fourth-order valence-electron chi connectivity index (χ4n) is 3.48. The van der Waals surface area contributed by atoms with Crippen LogP contribution in [-0.4, -0.2) is 24.7 Å². The number of carbonyl (C=O) groups is 2. The molecule has 1 aliphatic rings. The first kappa shape index (κ1) is 18.8. The van der Waals surface area contributed by atoms with Gasteiger partial charge in [0.15, 0.2) is 15.6 Å². The third-order valence-corrected chi connectivity index (χ3v) is 7.50. The van der Waals surface area contributed by atoms with E-state index in [4.69, 9.17) is 0 Å². The molecule has 0 saturated heterocycles. The summed E-state index contributed by atoms with van der Waals surface area (Å²) >= 11 is 0. The number of sulfone groups is 1. The topological polar surface area (TPSA) is 68.3 Å². The molecular formula is C19H26O4S. The molecule has 1 atom stereocenters. The molecule has 0 aromatic heterocycles. The van der Waals surface area contributed by atoms with Gasteiger partial charge in [-0.1, -0.05) is 43.9 Å². The summed E-state index contributed by atoms with van der Waals surface area (Å²) in [5.74, 6) is -0.292. The molecule has 0 heterocycles. The van der Waals surface area contributed by atoms with Crippen molar-refractivity contribution in [2.45, 2.75) is 74.4 Å². The minimum atomic E-state index is -3.83. The Bertz CT molecular complexity index is 679. The van der Waals surface area contributed by atoms with E-state index in [0.717, 1.165) is 25.7 Å². The second-order valence-corrected chi connectivity index (χ2v) is 8.96. The number of hydrogen-bond donors (Lipinski definition) is 0. The summed E-state index contributed by atoms with van der Waals surface area (Å²) in [5.41, 5.74) is 0. The van der Waals surface area contributed by atoms with E-state index in [-0.39, 0.29) is 35.7 Å². The molecule has 1 aromatic rings. The van der Waals surface area contributed by atoms with Crippen molar-refractivity contribution in [3.63, 3.8) is 0 Å². The molecule has 1 fully saturated rings. The van der Waals surface area contributed by atoms with E-state index in [1.807, 2.05) is 0 Å². The molecule has 1 aliphatic carbocycles. The van der Waals surface area contributed by atoms with Crippen LogP contribution in [0.25, 0.3) is 0 Å². The molecular weight excluding hydrogens is 324 g/mol. The Hall–Kier alpha value is -1.49. The molecule has 0 bridgehead atoms. The van der Waals surface area contributed by atoms with Gasteiger partial charge in [-0.25, -0.2) is 8.42 Å². The molecule has 5 heteroatoms. The summed E-state index contributed by atoms with van der Waals surface area (Å²) in [6.45, 7) is 1.45. The van der Waals surface area contributed by atoms with Crippen molar-refractivity contribution in [2.24, 2.45) is 0 Å². The van der Waals surface area contributed by atoms with Crippen LogP contribution >= 0.6 is 0 Å². The van der Waals surface area contributed by atoms with Gasteiger partial charge in [0.1, 0.15) is 10.5 Å². The first-order chi connectivity index (χ1) is 11.4. The average molecular weight is 350 g/mol. The maximum atomic E-state index is 13.4. The quantitative estimate of drug-likeness (QED) is 0.808. The second-order valence-electron chi connectivity index (χ2n) is 6.70. The number of benzene rings is 1. The third kappa shape index (κ3) is 3.94. The van der Waals surface area contributed by atoms with Crippen molar-refractivity contribution in [3.05, 3.63) is 30.3 Å². The van der Waals surface area contributed by atoms with Crippen molar-refractivity contribution in [1.82, 2.24) is 0 Å². The van der Waals surface area contributed by atoms with E-state index in [9.17, 15) is 18.0 Å². The van der Waals surface area contributed by atoms with Gasteiger partial charge in [-0.15, -0.1) is 0 Å². The first-order valence-corrected chi connectivity index (χ1v) is 10.2. The van der Waals surface area contributed by atoms with E-state index in [1.54, 1.807) is 30.3 Å². The largest absolute Gasteiger partial charge is 0.300 e. The summed E-state index contributed by atoms with van der Waals surface area (Å²) in [6, 6.07) is 8.19. The minimum Gasteiger partial charge on any atom is -0.300 e. The predicted octanol–water partition coefficient (Wildman–Crippen LogP) is 3.88. The van der Waals surface area contributed by atoms with Gasteiger partial charge in [0, 0.05) is 12.8 Å². The van der Waals surface area contributed by atoms with Crippen LogP contribution in [0.15, 0.2) is 35.2 Å². The molecule has 24 heavy (non-hydrogen) atoms. The monoisotopic (exact) mass is 350 g/mol. The van der Waals surface area contributed by atoms with E-state index >= 15 is 0 Å². The fourth-order valence-corrected chi connectivity index (χ4v) is 5.63. The highest BCUT2D eigenvalue weighted by atomic mass is 32.2. The molecule has 1 saturated carbocycles. The lowest BCUT2D eigenvalue weighted by atomic mass is 9.89. The highest BCUT2D eigenvalue weighted by molar-refractivity contribution is 7.93. The Balaban J connectivity index is 2.51. The zero-order valence-electron chi connectivity index (χ0n) is 14.3. The van der Waals surface area contributed by atoms with Crippen LogP contribution < -0.4 is 0 Å². The average Bonchev–Trinajstić information content (AvgIpc) is 2.65. The third-order valence-electron chi connectivity index (χ3n) is 4.94. The first-order valence-electron chi connectivity index (χ1n) is 8.72. The zero-order valence-corrected chi connectivity index (χ0v) is 15.1. The Morgan fingerprint density at radius 1 is 1.04 bits per heavy atom. The van der Waals surface area contributed by atoms with Crippen LogP contribution in [0.2, 0.25) is 0 Å². The number of Topliss-reactive ketones (excluding diaryl/α,β-unsaturated/α-hetero) is 2. The van der Waals surface area contributed by atoms with Gasteiger partial charge in [-0.3, -0.25) is 4.79 Å². The van der Waals surface area contributed by atoms with E-state index in [2.05, 4.69) is 0 Å². The van der Waals surface area contributed by atoms with Gasteiger partial charge >= 0.3 is 0 Å². The van der Waals surface area contributed by atoms with Crippen LogP contribution in [0.3, 0.4) is 0 Å². The smallest absolute Gasteiger partial charge is 0.191 e. The van der Waals surface area contributed by atoms with Gasteiger partial charge in [0.05, 0.1) is 4.90 Å². The van der Waals surface area contributed by atoms with Crippen molar-refractivity contribution in [2.75, 3.05) is 0 Å². The molecule has 0 N–H and O–H groups in total. The van der Waals surface area contributed by atoms with Crippen LogP contribution in [-0.2, 0) is 19.4 Å². The van der Waals surface area contributed by atoms with Crippen LogP contribution in [0, 0.1) is 0 Å². The van der Waals surface area contributed by atoms with Crippen LogP contribution in [0.1, 0.15) is 64.7 Å². The predicted molar refractivity (Wildman–Crippen MR) is 93.6 cm³/mol. The Morgan fingerprint density at radius 2 is 1.67 bits per heavy atom. The Morgan fingerprint density at radius 3 is 2.33 bits per heavy atom. The molecule has 1 unspecified atom stereocenters. The lowest BCUT2D eigenvalue weighted by Gasteiger charge is -2.32. The molecule has 0 amide bonds. The van der Waals surface area contributed by atoms with Crippen molar-refractivity contribution < 1.29 is 18.0 Å². The van der Waals surface area contributed by atoms with Crippen molar-refractivity contribution in [3.8, 4) is 0 Å². The second kappa shape index (κ2) is 8.06. The summed E-state index contributed by atoms with van der Waals surface area (Å²) in [7, 11) is -3.83. The SMILES string of the molecule is CC(=O)CCC1(S(=O)(=O)c2ccccc2)CCCCCCCC1=O. The lowest BCUT2D eigenvalue weighted by Crippen LogP contribution is -2.46. The standard InChI is InChI=1S/C19H26O4S/c1-16(20)13-15-19(14-9-4-2-3-8-12-18(19)21)24(22,23)17-10-6-5-7-11-17/h5-7,10-11H,2-4,8-9,12-15H2,1H3. The highest BCUT2D eigenvalue weighted by Crippen LogP contribution is 2.38. The van der Waals surface area contributed by atoms with Gasteiger partial charge in [0.2, 0.25) is 0 Å². The van der Waals surface area contributed by atoms with Gasteiger partial charge in [-0.05, 0) is 38.3 Å². The van der Waals surface area contributed by atoms with Crippen LogP contribution in [0.4, 0.5) is 0 Å². The van der Waals surface area contributed by atoms with E-state index in [1.165, 1.54) is 6.92 Å². The number of ketones is 2. The molecule has 2 rings (SSSR count). The molecule has 0 spiro atoms. The molecule has 0 aliphatic heterocycles. The van der Waals surface area contributed by atoms with Gasteiger partial charge in [-0.2, -0.15) is 0 Å². The summed E-state index contributed by atoms with van der Waals surface area (Å²) in [4.78, 5) is 24.7. The van der Waals surface area contributed by atoms with E-state index in [0.29, 0.717) is 12.8 Å². The summed E-state index contributed by atoms with van der Waals surface area (Å²) in [6.07, 6.45) is 5.16. The maximum Gasteiger partial charge on any atom is 0.191 e. The highest BCUT2D eigenvalue weighted by Gasteiger charge is 2.49. The van der Waals surface area contributed by atoms with Gasteiger partial charge < -0.3 is 4.79 Å². The Labute approximate surface area is 144 Å². The molecule has 1 aromatic carbocycles. The fraction of sp³-hybridized carbons (Fsp3) is 0.579. The molecule has 132 valence electrons. The minimum absolute atomic E-state index is 0.0784. The number of hydrogen-bond acceptors (Lipinski definition) is 4. The van der Waals surface area contributed by atoms with E-state index < -0.39 is 14.6 Å². The molecule has 0 radical (unpaired) electrons. The van der Waals surface area contributed by atoms with Gasteiger partial charge in [0.25, 0.3) is 0 Å². The Kier molecular flexibility index (Phi) is 6.33. The number of rotatable bonds is 5. The summed E-state index contributed by atoms with van der Waals surface area (Å²) < 4.78 is 25.3. The zero-order chi connectivity index (χ0) is 17.6. The number of carbonyl (C=O) groups excluding carboxylic acids is 2. The summed E-state index contributed by atoms with van der Waals surface area (Å²) in [5, 5.41) is 0. The van der Waals surface area contributed by atoms with Crippen molar-refractivity contribution >= 4 is 21.4 Å². The molecule has 4 nitrogen and oxygen atoms in total. The normalized spacial score (nSPS) is 23.1.